The van der Waals surface area contributed by atoms with Gasteiger partial charge < -0.3 is 10.1 Å². The molecule has 1 N–H and O–H groups in total. The van der Waals surface area contributed by atoms with E-state index < -0.39 is 0 Å². The second kappa shape index (κ2) is 5.46. The van der Waals surface area contributed by atoms with Gasteiger partial charge in [0.2, 0.25) is 0 Å². The Kier molecular flexibility index (Phi) is 3.97. The summed E-state index contributed by atoms with van der Waals surface area (Å²) in [5.74, 6) is 0.673. The van der Waals surface area contributed by atoms with Gasteiger partial charge in [-0.2, -0.15) is 0 Å². The van der Waals surface area contributed by atoms with Crippen LogP contribution >= 0.6 is 0 Å². The fourth-order valence-electron chi connectivity index (χ4n) is 2.35. The zero-order chi connectivity index (χ0) is 11.4. The smallest absolute Gasteiger partial charge is 0.0510 e. The van der Waals surface area contributed by atoms with E-state index in [9.17, 15) is 0 Å². The van der Waals surface area contributed by atoms with Gasteiger partial charge in [0, 0.05) is 18.6 Å². The molecule has 0 aliphatic carbocycles. The van der Waals surface area contributed by atoms with Crippen molar-refractivity contribution in [1.29, 1.82) is 0 Å². The lowest BCUT2D eigenvalue weighted by Crippen LogP contribution is -2.35. The summed E-state index contributed by atoms with van der Waals surface area (Å²) in [6.45, 7) is 3.97. The maximum atomic E-state index is 5.46. The molecule has 16 heavy (non-hydrogen) atoms. The molecular formula is C14H21NO. The third kappa shape index (κ3) is 2.83. The Morgan fingerprint density at radius 3 is 2.69 bits per heavy atom. The van der Waals surface area contributed by atoms with Gasteiger partial charge in [-0.25, -0.2) is 0 Å². The average Bonchev–Trinajstić information content (AvgIpc) is 2.82. The number of rotatable bonds is 4. The lowest BCUT2D eigenvalue weighted by molar-refractivity contribution is 0.177. The first-order valence-electron chi connectivity index (χ1n) is 6.10. The fourth-order valence-corrected chi connectivity index (χ4v) is 2.35. The van der Waals surface area contributed by atoms with Crippen molar-refractivity contribution >= 4 is 0 Å². The van der Waals surface area contributed by atoms with Gasteiger partial charge in [-0.15, -0.1) is 0 Å². The van der Waals surface area contributed by atoms with E-state index >= 15 is 0 Å². The molecule has 2 nitrogen and oxygen atoms in total. The Bertz CT molecular complexity index is 314. The van der Waals surface area contributed by atoms with Crippen molar-refractivity contribution in [3.8, 4) is 0 Å². The Hall–Kier alpha value is -0.860. The topological polar surface area (TPSA) is 21.3 Å². The van der Waals surface area contributed by atoms with Gasteiger partial charge >= 0.3 is 0 Å². The molecule has 0 saturated carbocycles. The van der Waals surface area contributed by atoms with Gasteiger partial charge in [0.05, 0.1) is 6.61 Å². The molecule has 1 heterocycles. The Labute approximate surface area is 98.0 Å². The van der Waals surface area contributed by atoms with Crippen LogP contribution in [0.2, 0.25) is 0 Å². The minimum atomic E-state index is 0.546. The van der Waals surface area contributed by atoms with E-state index in [1.165, 1.54) is 17.5 Å². The van der Waals surface area contributed by atoms with Crippen LogP contribution in [-0.2, 0) is 11.2 Å². The van der Waals surface area contributed by atoms with Crippen LogP contribution < -0.4 is 5.32 Å². The Morgan fingerprint density at radius 1 is 1.38 bits per heavy atom. The summed E-state index contributed by atoms with van der Waals surface area (Å²) in [6.07, 6.45) is 2.29. The van der Waals surface area contributed by atoms with Crippen LogP contribution in [0.1, 0.15) is 17.5 Å². The second-order valence-corrected chi connectivity index (χ2v) is 4.71. The lowest BCUT2D eigenvalue weighted by Gasteiger charge is -2.21. The van der Waals surface area contributed by atoms with Crippen LogP contribution in [0.25, 0.3) is 0 Å². The SMILES string of the molecule is CNC(Cc1ccc(C)cc1)C1CCOC1. The van der Waals surface area contributed by atoms with Crippen LogP contribution in [-0.4, -0.2) is 26.3 Å². The largest absolute Gasteiger partial charge is 0.381 e. The highest BCUT2D eigenvalue weighted by molar-refractivity contribution is 5.22. The molecular weight excluding hydrogens is 198 g/mol. The monoisotopic (exact) mass is 219 g/mol. The summed E-state index contributed by atoms with van der Waals surface area (Å²) in [5.41, 5.74) is 2.74. The summed E-state index contributed by atoms with van der Waals surface area (Å²) >= 11 is 0. The highest BCUT2D eigenvalue weighted by atomic mass is 16.5. The van der Waals surface area contributed by atoms with Crippen LogP contribution in [0.15, 0.2) is 24.3 Å². The highest BCUT2D eigenvalue weighted by Gasteiger charge is 2.24. The van der Waals surface area contributed by atoms with E-state index in [4.69, 9.17) is 4.74 Å². The van der Waals surface area contributed by atoms with Crippen molar-refractivity contribution in [2.75, 3.05) is 20.3 Å². The van der Waals surface area contributed by atoms with E-state index in [0.29, 0.717) is 12.0 Å². The Morgan fingerprint density at radius 2 is 2.12 bits per heavy atom. The average molecular weight is 219 g/mol. The first kappa shape index (κ1) is 11.6. The van der Waals surface area contributed by atoms with Gasteiger partial charge in [-0.1, -0.05) is 29.8 Å². The van der Waals surface area contributed by atoms with Gasteiger partial charge in [0.25, 0.3) is 0 Å². The van der Waals surface area contributed by atoms with E-state index in [2.05, 4.69) is 43.6 Å². The molecule has 1 saturated heterocycles. The van der Waals surface area contributed by atoms with Gasteiger partial charge in [0.1, 0.15) is 0 Å². The maximum Gasteiger partial charge on any atom is 0.0510 e. The summed E-state index contributed by atoms with van der Waals surface area (Å²) in [4.78, 5) is 0. The van der Waals surface area contributed by atoms with E-state index in [-0.39, 0.29) is 0 Å². The van der Waals surface area contributed by atoms with Crippen LogP contribution in [0, 0.1) is 12.8 Å². The normalized spacial score (nSPS) is 22.2. The fraction of sp³-hybridized carbons (Fsp3) is 0.571. The number of hydrogen-bond acceptors (Lipinski definition) is 2. The molecule has 1 aliphatic heterocycles. The van der Waals surface area contributed by atoms with Gasteiger partial charge in [0.15, 0.2) is 0 Å². The highest BCUT2D eigenvalue weighted by Crippen LogP contribution is 2.19. The lowest BCUT2D eigenvalue weighted by atomic mass is 9.93. The number of likely N-dealkylation sites (N-methyl/N-ethyl adjacent to an activating group) is 1. The summed E-state index contributed by atoms with van der Waals surface area (Å²) in [5, 5.41) is 3.43. The third-order valence-corrected chi connectivity index (χ3v) is 3.48. The number of hydrogen-bond donors (Lipinski definition) is 1. The minimum Gasteiger partial charge on any atom is -0.381 e. The summed E-state index contributed by atoms with van der Waals surface area (Å²) in [7, 11) is 2.05. The zero-order valence-corrected chi connectivity index (χ0v) is 10.2. The first-order valence-corrected chi connectivity index (χ1v) is 6.10. The Balaban J connectivity index is 1.97. The van der Waals surface area contributed by atoms with Gasteiger partial charge in [-0.3, -0.25) is 0 Å². The molecule has 0 aromatic heterocycles. The van der Waals surface area contributed by atoms with Crippen LogP contribution in [0.4, 0.5) is 0 Å². The first-order chi connectivity index (χ1) is 7.79. The van der Waals surface area contributed by atoms with Gasteiger partial charge in [-0.05, 0) is 32.4 Å². The van der Waals surface area contributed by atoms with E-state index in [1.807, 2.05) is 0 Å². The van der Waals surface area contributed by atoms with Crippen molar-refractivity contribution in [2.45, 2.75) is 25.8 Å². The van der Waals surface area contributed by atoms with E-state index in [0.717, 1.165) is 19.6 Å². The molecule has 0 bridgehead atoms. The molecule has 0 radical (unpaired) electrons. The third-order valence-electron chi connectivity index (χ3n) is 3.48. The minimum absolute atomic E-state index is 0.546. The zero-order valence-electron chi connectivity index (χ0n) is 10.2. The standard InChI is InChI=1S/C14H21NO/c1-11-3-5-12(6-4-11)9-14(15-2)13-7-8-16-10-13/h3-6,13-15H,7-10H2,1-2H3. The molecule has 1 fully saturated rings. The molecule has 2 atom stereocenters. The molecule has 2 heteroatoms. The van der Waals surface area contributed by atoms with Crippen molar-refractivity contribution in [3.05, 3.63) is 35.4 Å². The van der Waals surface area contributed by atoms with Crippen molar-refractivity contribution in [2.24, 2.45) is 5.92 Å². The molecule has 0 amide bonds. The predicted octanol–water partition coefficient (Wildman–Crippen LogP) is 2.16. The maximum absolute atomic E-state index is 5.46. The van der Waals surface area contributed by atoms with Crippen molar-refractivity contribution in [3.63, 3.8) is 0 Å². The van der Waals surface area contributed by atoms with Crippen molar-refractivity contribution < 1.29 is 4.74 Å². The number of nitrogens with one attached hydrogen (secondary N) is 1. The molecule has 2 rings (SSSR count). The molecule has 1 aromatic rings. The second-order valence-electron chi connectivity index (χ2n) is 4.71. The van der Waals surface area contributed by atoms with Crippen LogP contribution in [0.5, 0.6) is 0 Å². The van der Waals surface area contributed by atoms with Crippen LogP contribution in [0.3, 0.4) is 0 Å². The predicted molar refractivity (Wildman–Crippen MR) is 66.7 cm³/mol. The molecule has 88 valence electrons. The molecule has 1 aromatic carbocycles. The number of aryl methyl sites for hydroxylation is 1. The van der Waals surface area contributed by atoms with Crippen molar-refractivity contribution in [1.82, 2.24) is 5.32 Å². The molecule has 0 spiro atoms. The number of benzene rings is 1. The summed E-state index contributed by atoms with van der Waals surface area (Å²) < 4.78 is 5.46. The summed E-state index contributed by atoms with van der Waals surface area (Å²) in [6, 6.07) is 9.39. The van der Waals surface area contributed by atoms with E-state index in [1.54, 1.807) is 0 Å². The number of ether oxygens (including phenoxy) is 1. The quantitative estimate of drug-likeness (QED) is 0.838. The molecule has 2 unspecified atom stereocenters. The molecule has 1 aliphatic rings.